The first-order valence-electron chi connectivity index (χ1n) is 10.2. The highest BCUT2D eigenvalue weighted by Crippen LogP contribution is 2.32. The molecule has 4 heterocycles. The molecule has 0 aliphatic carbocycles. The van der Waals surface area contributed by atoms with E-state index in [0.29, 0.717) is 6.42 Å². The lowest BCUT2D eigenvalue weighted by Gasteiger charge is -2.36. The number of carbonyl (C=O) groups is 1. The van der Waals surface area contributed by atoms with Crippen LogP contribution in [0.1, 0.15) is 42.5 Å². The number of likely N-dealkylation sites (tertiary alicyclic amines) is 1. The molecule has 1 atom stereocenters. The molecule has 1 amide bonds. The SMILES string of the molecule is CN1CCn2c(nnc2[C@H]2CCCCN2C(=O)Cc2c[nH]c3ccccc23)C1. The van der Waals surface area contributed by atoms with Crippen molar-refractivity contribution in [3.8, 4) is 0 Å². The Bertz CT molecular complexity index is 1010. The van der Waals surface area contributed by atoms with Crippen LogP contribution in [0, 0.1) is 0 Å². The zero-order valence-electron chi connectivity index (χ0n) is 16.3. The van der Waals surface area contributed by atoms with Gasteiger partial charge < -0.3 is 14.5 Å². The zero-order chi connectivity index (χ0) is 19.1. The number of aromatic amines is 1. The maximum atomic E-state index is 13.3. The normalized spacial score (nSPS) is 20.5. The van der Waals surface area contributed by atoms with Crippen molar-refractivity contribution < 1.29 is 4.79 Å². The maximum absolute atomic E-state index is 13.3. The Morgan fingerprint density at radius 3 is 3.00 bits per heavy atom. The van der Waals surface area contributed by atoms with Gasteiger partial charge in [0.2, 0.25) is 5.91 Å². The minimum absolute atomic E-state index is 0.0381. The monoisotopic (exact) mass is 378 g/mol. The predicted molar refractivity (Wildman–Crippen MR) is 107 cm³/mol. The van der Waals surface area contributed by atoms with E-state index in [1.165, 1.54) is 0 Å². The molecule has 2 aromatic heterocycles. The second-order valence-corrected chi connectivity index (χ2v) is 8.00. The second-order valence-electron chi connectivity index (χ2n) is 8.00. The fourth-order valence-corrected chi connectivity index (χ4v) is 4.59. The molecule has 0 bridgehead atoms. The number of nitrogens with one attached hydrogen (secondary N) is 1. The summed E-state index contributed by atoms with van der Waals surface area (Å²) in [6.45, 7) is 3.51. The van der Waals surface area contributed by atoms with Crippen molar-refractivity contribution in [1.82, 2.24) is 29.5 Å². The number of benzene rings is 1. The van der Waals surface area contributed by atoms with Crippen LogP contribution in [0.25, 0.3) is 10.9 Å². The van der Waals surface area contributed by atoms with Crippen LogP contribution in [0.15, 0.2) is 30.5 Å². The third kappa shape index (κ3) is 2.99. The van der Waals surface area contributed by atoms with Crippen molar-refractivity contribution in [2.45, 2.75) is 44.8 Å². The average Bonchev–Trinajstić information content (AvgIpc) is 3.32. The minimum Gasteiger partial charge on any atom is -0.361 e. The molecule has 5 rings (SSSR count). The Kier molecular flexibility index (Phi) is 4.39. The van der Waals surface area contributed by atoms with E-state index in [0.717, 1.165) is 73.6 Å². The molecule has 28 heavy (non-hydrogen) atoms. The Balaban J connectivity index is 1.41. The van der Waals surface area contributed by atoms with Crippen LogP contribution in [0.3, 0.4) is 0 Å². The van der Waals surface area contributed by atoms with Crippen LogP contribution in [0.5, 0.6) is 0 Å². The molecule has 3 aromatic rings. The quantitative estimate of drug-likeness (QED) is 0.760. The number of rotatable bonds is 3. The van der Waals surface area contributed by atoms with Gasteiger partial charge in [-0.15, -0.1) is 10.2 Å². The number of para-hydroxylation sites is 1. The molecule has 0 spiro atoms. The van der Waals surface area contributed by atoms with Crippen molar-refractivity contribution in [1.29, 1.82) is 0 Å². The topological polar surface area (TPSA) is 70.1 Å². The molecule has 146 valence electrons. The van der Waals surface area contributed by atoms with E-state index in [9.17, 15) is 4.79 Å². The summed E-state index contributed by atoms with van der Waals surface area (Å²) in [6, 6.07) is 8.20. The Morgan fingerprint density at radius 2 is 2.07 bits per heavy atom. The van der Waals surface area contributed by atoms with E-state index in [-0.39, 0.29) is 11.9 Å². The third-order valence-electron chi connectivity index (χ3n) is 6.11. The van der Waals surface area contributed by atoms with Crippen molar-refractivity contribution in [3.05, 3.63) is 47.7 Å². The summed E-state index contributed by atoms with van der Waals surface area (Å²) in [5.41, 5.74) is 2.14. The van der Waals surface area contributed by atoms with Gasteiger partial charge in [-0.25, -0.2) is 0 Å². The molecule has 2 aliphatic heterocycles. The largest absolute Gasteiger partial charge is 0.361 e. The first-order valence-corrected chi connectivity index (χ1v) is 10.2. The average molecular weight is 378 g/mol. The molecule has 7 heteroatoms. The summed E-state index contributed by atoms with van der Waals surface area (Å²) in [5, 5.41) is 10.1. The van der Waals surface area contributed by atoms with E-state index in [1.807, 2.05) is 29.3 Å². The molecular formula is C21H26N6O. The number of hydrogen-bond donors (Lipinski definition) is 1. The number of nitrogens with zero attached hydrogens (tertiary/aromatic N) is 5. The number of aromatic nitrogens is 4. The highest BCUT2D eigenvalue weighted by Gasteiger charge is 2.33. The summed E-state index contributed by atoms with van der Waals surface area (Å²) in [4.78, 5) is 20.9. The van der Waals surface area contributed by atoms with Gasteiger partial charge in [0.25, 0.3) is 0 Å². The van der Waals surface area contributed by atoms with Gasteiger partial charge in [-0.2, -0.15) is 0 Å². The van der Waals surface area contributed by atoms with Gasteiger partial charge in [0.15, 0.2) is 5.82 Å². The van der Waals surface area contributed by atoms with Crippen LogP contribution < -0.4 is 0 Å². The van der Waals surface area contributed by atoms with Crippen LogP contribution in [-0.2, 0) is 24.3 Å². The molecular weight excluding hydrogens is 352 g/mol. The molecule has 0 saturated carbocycles. The van der Waals surface area contributed by atoms with Crippen molar-refractivity contribution in [2.75, 3.05) is 20.1 Å². The standard InChI is InChI=1S/C21H26N6O/c1-25-10-11-27-19(14-25)23-24-21(27)18-8-4-5-9-26(18)20(28)12-15-13-22-17-7-3-2-6-16(15)17/h2-3,6-7,13,18,22H,4-5,8-12,14H2,1H3/t18-/m1/s1. The van der Waals surface area contributed by atoms with Gasteiger partial charge in [-0.3, -0.25) is 9.69 Å². The summed E-state index contributed by atoms with van der Waals surface area (Å²) in [7, 11) is 2.11. The van der Waals surface area contributed by atoms with Crippen LogP contribution in [0.4, 0.5) is 0 Å². The first-order chi connectivity index (χ1) is 13.7. The number of H-pyrrole nitrogens is 1. The predicted octanol–water partition coefficient (Wildman–Crippen LogP) is 2.50. The molecule has 7 nitrogen and oxygen atoms in total. The van der Waals surface area contributed by atoms with Crippen LogP contribution >= 0.6 is 0 Å². The fourth-order valence-electron chi connectivity index (χ4n) is 4.59. The molecule has 1 saturated heterocycles. The highest BCUT2D eigenvalue weighted by molar-refractivity contribution is 5.89. The van der Waals surface area contributed by atoms with Crippen molar-refractivity contribution in [3.63, 3.8) is 0 Å². The van der Waals surface area contributed by atoms with Gasteiger partial charge in [0.05, 0.1) is 19.0 Å². The number of hydrogen-bond acceptors (Lipinski definition) is 4. The van der Waals surface area contributed by atoms with Gasteiger partial charge in [0.1, 0.15) is 5.82 Å². The van der Waals surface area contributed by atoms with Crippen molar-refractivity contribution >= 4 is 16.8 Å². The number of carbonyl (C=O) groups excluding carboxylic acids is 1. The Labute approximate surface area is 164 Å². The molecule has 1 aromatic carbocycles. The van der Waals surface area contributed by atoms with Gasteiger partial charge >= 0.3 is 0 Å². The van der Waals surface area contributed by atoms with E-state index in [2.05, 4.69) is 37.8 Å². The van der Waals surface area contributed by atoms with E-state index >= 15 is 0 Å². The number of likely N-dealkylation sites (N-methyl/N-ethyl adjacent to an activating group) is 1. The second kappa shape index (κ2) is 7.05. The Hall–Kier alpha value is -2.67. The first kappa shape index (κ1) is 17.4. The Morgan fingerprint density at radius 1 is 1.18 bits per heavy atom. The fraction of sp³-hybridized carbons (Fsp3) is 0.476. The lowest BCUT2D eigenvalue weighted by molar-refractivity contribution is -0.134. The highest BCUT2D eigenvalue weighted by atomic mass is 16.2. The third-order valence-corrected chi connectivity index (χ3v) is 6.11. The summed E-state index contributed by atoms with van der Waals surface area (Å²) >= 11 is 0. The number of piperidine rings is 1. The van der Waals surface area contributed by atoms with Gasteiger partial charge in [0, 0.05) is 36.7 Å². The maximum Gasteiger partial charge on any atom is 0.227 e. The molecule has 1 fully saturated rings. The summed E-state index contributed by atoms with van der Waals surface area (Å²) < 4.78 is 2.24. The lowest BCUT2D eigenvalue weighted by Crippen LogP contribution is -2.41. The summed E-state index contributed by atoms with van der Waals surface area (Å²) in [5.74, 6) is 2.16. The molecule has 0 radical (unpaired) electrons. The number of fused-ring (bicyclic) bond motifs is 2. The van der Waals surface area contributed by atoms with Crippen molar-refractivity contribution in [2.24, 2.45) is 0 Å². The molecule has 0 unspecified atom stereocenters. The van der Waals surface area contributed by atoms with E-state index in [1.54, 1.807) is 0 Å². The lowest BCUT2D eigenvalue weighted by atomic mass is 9.99. The molecule has 1 N–H and O–H groups in total. The van der Waals surface area contributed by atoms with Gasteiger partial charge in [-0.05, 0) is 37.9 Å². The van der Waals surface area contributed by atoms with E-state index in [4.69, 9.17) is 0 Å². The minimum atomic E-state index is 0.0381. The number of amides is 1. The van der Waals surface area contributed by atoms with Gasteiger partial charge in [-0.1, -0.05) is 18.2 Å². The zero-order valence-corrected chi connectivity index (χ0v) is 16.3. The summed E-state index contributed by atoms with van der Waals surface area (Å²) in [6.07, 6.45) is 5.54. The molecule has 2 aliphatic rings. The van der Waals surface area contributed by atoms with Crippen LogP contribution in [-0.4, -0.2) is 55.6 Å². The van der Waals surface area contributed by atoms with Crippen LogP contribution in [0.2, 0.25) is 0 Å². The van der Waals surface area contributed by atoms with E-state index < -0.39 is 0 Å². The smallest absolute Gasteiger partial charge is 0.227 e.